The highest BCUT2D eigenvalue weighted by atomic mass is 19.1. The fourth-order valence-corrected chi connectivity index (χ4v) is 3.19. The largest absolute Gasteiger partial charge is 0.369 e. The van der Waals surface area contributed by atoms with Crippen LogP contribution in [0.25, 0.3) is 0 Å². The second kappa shape index (κ2) is 9.25. The average molecular weight is 345 g/mol. The third-order valence-corrected chi connectivity index (χ3v) is 4.64. The van der Waals surface area contributed by atoms with E-state index in [1.807, 2.05) is 18.2 Å². The van der Waals surface area contributed by atoms with Crippen molar-refractivity contribution in [2.45, 2.75) is 45.4 Å². The lowest BCUT2D eigenvalue weighted by atomic mass is 9.91. The lowest BCUT2D eigenvalue weighted by Crippen LogP contribution is -2.37. The van der Waals surface area contributed by atoms with Crippen molar-refractivity contribution < 1.29 is 9.18 Å². The zero-order valence-electron chi connectivity index (χ0n) is 14.9. The molecule has 2 atom stereocenters. The fourth-order valence-electron chi connectivity index (χ4n) is 3.19. The standard InChI is InChI=1S/C20H28FN3O/c1-3-5-6-9-17-19(14(4-2)8-7-12-21)24-16-11-10-15(20(22)25)13-18(16)23-17/h4,7,11-15,23-24H,2-3,5-6,8-10H2,1H3,(H2,22,25)/b12-7+. The van der Waals surface area contributed by atoms with Crippen LogP contribution in [0.4, 0.5) is 4.39 Å². The summed E-state index contributed by atoms with van der Waals surface area (Å²) in [5.74, 6) is -0.590. The number of carbonyl (C=O) groups is 1. The molecule has 0 spiro atoms. The molecule has 4 nitrogen and oxygen atoms in total. The van der Waals surface area contributed by atoms with Gasteiger partial charge in [0.1, 0.15) is 0 Å². The molecular weight excluding hydrogens is 317 g/mol. The monoisotopic (exact) mass is 345 g/mol. The number of fused-ring (bicyclic) bond motifs is 1. The van der Waals surface area contributed by atoms with E-state index in [-0.39, 0.29) is 17.7 Å². The highest BCUT2D eigenvalue weighted by Gasteiger charge is 2.27. The van der Waals surface area contributed by atoms with E-state index in [2.05, 4.69) is 24.1 Å². The van der Waals surface area contributed by atoms with Crippen molar-refractivity contribution in [2.24, 2.45) is 17.6 Å². The SMILES string of the molecule is C=CC(C/C=C/F)C1=C(CCCCC)NC2=CC(C(N)=O)CC=C2N1. The molecule has 1 aliphatic heterocycles. The second-order valence-corrected chi connectivity index (χ2v) is 6.48. The number of halogens is 1. The number of allylic oxidation sites excluding steroid dienone is 4. The quantitative estimate of drug-likeness (QED) is 0.438. The number of unbranched alkanes of at least 4 members (excludes halogenated alkanes) is 2. The molecule has 1 amide bonds. The molecule has 1 heterocycles. The summed E-state index contributed by atoms with van der Waals surface area (Å²) < 4.78 is 12.5. The van der Waals surface area contributed by atoms with Crippen molar-refractivity contribution in [1.29, 1.82) is 0 Å². The smallest absolute Gasteiger partial charge is 0.224 e. The van der Waals surface area contributed by atoms with Crippen LogP contribution in [-0.2, 0) is 4.79 Å². The summed E-state index contributed by atoms with van der Waals surface area (Å²) >= 11 is 0. The number of hydrogen-bond donors (Lipinski definition) is 3. The van der Waals surface area contributed by atoms with Crippen LogP contribution in [0.2, 0.25) is 0 Å². The van der Waals surface area contributed by atoms with Gasteiger partial charge in [0.25, 0.3) is 0 Å². The van der Waals surface area contributed by atoms with Gasteiger partial charge in [0.05, 0.1) is 23.6 Å². The summed E-state index contributed by atoms with van der Waals surface area (Å²) in [7, 11) is 0. The van der Waals surface area contributed by atoms with Gasteiger partial charge in [-0.15, -0.1) is 6.58 Å². The van der Waals surface area contributed by atoms with Crippen molar-refractivity contribution in [1.82, 2.24) is 10.6 Å². The first-order valence-corrected chi connectivity index (χ1v) is 8.97. The van der Waals surface area contributed by atoms with Gasteiger partial charge in [-0.3, -0.25) is 4.79 Å². The molecule has 4 N–H and O–H groups in total. The Hall–Kier alpha value is -2.30. The van der Waals surface area contributed by atoms with Crippen LogP contribution in [0.3, 0.4) is 0 Å². The number of primary amides is 1. The van der Waals surface area contributed by atoms with Crippen LogP contribution >= 0.6 is 0 Å². The molecule has 0 saturated carbocycles. The highest BCUT2D eigenvalue weighted by molar-refractivity contribution is 5.79. The van der Waals surface area contributed by atoms with E-state index in [4.69, 9.17) is 5.73 Å². The third kappa shape index (κ3) is 4.84. The van der Waals surface area contributed by atoms with Crippen molar-refractivity contribution in [3.8, 4) is 0 Å². The van der Waals surface area contributed by atoms with E-state index in [0.29, 0.717) is 19.2 Å². The van der Waals surface area contributed by atoms with Gasteiger partial charge in [-0.05, 0) is 31.8 Å². The Morgan fingerprint density at radius 2 is 2.24 bits per heavy atom. The highest BCUT2D eigenvalue weighted by Crippen LogP contribution is 2.31. The summed E-state index contributed by atoms with van der Waals surface area (Å²) in [6, 6.07) is 0. The Balaban J connectivity index is 2.30. The van der Waals surface area contributed by atoms with E-state index in [9.17, 15) is 9.18 Å². The summed E-state index contributed by atoms with van der Waals surface area (Å²) in [4.78, 5) is 11.5. The number of nitrogens with two attached hydrogens (primary N) is 1. The van der Waals surface area contributed by atoms with Crippen LogP contribution in [-0.4, -0.2) is 5.91 Å². The number of nitrogens with one attached hydrogen (secondary N) is 2. The van der Waals surface area contributed by atoms with Gasteiger partial charge >= 0.3 is 0 Å². The van der Waals surface area contributed by atoms with E-state index in [1.165, 1.54) is 6.08 Å². The minimum Gasteiger partial charge on any atom is -0.369 e. The molecular formula is C20H28FN3O. The number of hydrogen-bond acceptors (Lipinski definition) is 3. The molecule has 0 saturated heterocycles. The lowest BCUT2D eigenvalue weighted by Gasteiger charge is -2.34. The first kappa shape index (κ1) is 19.0. The van der Waals surface area contributed by atoms with Crippen LogP contribution in [0.1, 0.15) is 45.4 Å². The van der Waals surface area contributed by atoms with Gasteiger partial charge in [0, 0.05) is 17.3 Å². The van der Waals surface area contributed by atoms with E-state index in [0.717, 1.165) is 48.5 Å². The molecule has 25 heavy (non-hydrogen) atoms. The fraction of sp³-hybridized carbons (Fsp3) is 0.450. The van der Waals surface area contributed by atoms with E-state index < -0.39 is 0 Å². The number of amides is 1. The maximum absolute atomic E-state index is 12.5. The predicted octanol–water partition coefficient (Wildman–Crippen LogP) is 3.92. The summed E-state index contributed by atoms with van der Waals surface area (Å²) in [5.41, 5.74) is 9.40. The van der Waals surface area contributed by atoms with Gasteiger partial charge in [-0.1, -0.05) is 38.0 Å². The molecule has 2 rings (SSSR count). The summed E-state index contributed by atoms with van der Waals surface area (Å²) in [6.45, 7) is 6.07. The molecule has 0 aromatic heterocycles. The molecule has 1 aliphatic carbocycles. The molecule has 0 aromatic carbocycles. The van der Waals surface area contributed by atoms with Crippen LogP contribution in [0.5, 0.6) is 0 Å². The minimum absolute atomic E-state index is 0.00689. The van der Waals surface area contributed by atoms with Crippen molar-refractivity contribution >= 4 is 5.91 Å². The zero-order chi connectivity index (χ0) is 18.2. The Labute approximate surface area is 149 Å². The minimum atomic E-state index is -0.316. The lowest BCUT2D eigenvalue weighted by molar-refractivity contribution is -0.120. The summed E-state index contributed by atoms with van der Waals surface area (Å²) in [5, 5.41) is 6.96. The van der Waals surface area contributed by atoms with E-state index >= 15 is 0 Å². The first-order valence-electron chi connectivity index (χ1n) is 8.97. The Morgan fingerprint density at radius 1 is 1.44 bits per heavy atom. The topological polar surface area (TPSA) is 67.1 Å². The maximum atomic E-state index is 12.5. The molecule has 2 aliphatic rings. The molecule has 5 heteroatoms. The Morgan fingerprint density at radius 3 is 2.88 bits per heavy atom. The third-order valence-electron chi connectivity index (χ3n) is 4.64. The first-order chi connectivity index (χ1) is 12.1. The van der Waals surface area contributed by atoms with Crippen molar-refractivity contribution in [3.05, 3.63) is 60.0 Å². The molecule has 0 radical (unpaired) electrons. The van der Waals surface area contributed by atoms with Gasteiger partial charge in [-0.25, -0.2) is 4.39 Å². The molecule has 0 fully saturated rings. The van der Waals surface area contributed by atoms with Crippen LogP contribution in [0.15, 0.2) is 60.0 Å². The molecule has 0 aromatic rings. The molecule has 136 valence electrons. The average Bonchev–Trinajstić information content (AvgIpc) is 2.62. The van der Waals surface area contributed by atoms with E-state index in [1.54, 1.807) is 0 Å². The van der Waals surface area contributed by atoms with Gasteiger partial charge < -0.3 is 16.4 Å². The number of carbonyl (C=O) groups excluding carboxylic acids is 1. The number of rotatable bonds is 9. The summed E-state index contributed by atoms with van der Waals surface area (Å²) in [6.07, 6.45) is 13.2. The van der Waals surface area contributed by atoms with Crippen LogP contribution in [0, 0.1) is 11.8 Å². The van der Waals surface area contributed by atoms with Gasteiger partial charge in [0.2, 0.25) is 5.91 Å². The maximum Gasteiger partial charge on any atom is 0.224 e. The van der Waals surface area contributed by atoms with Crippen molar-refractivity contribution in [3.63, 3.8) is 0 Å². The molecule has 0 bridgehead atoms. The Bertz CT molecular complexity index is 631. The second-order valence-electron chi connectivity index (χ2n) is 6.48. The van der Waals surface area contributed by atoms with Crippen LogP contribution < -0.4 is 16.4 Å². The normalized spacial score (nSPS) is 21.0. The van der Waals surface area contributed by atoms with Gasteiger partial charge in [-0.2, -0.15) is 0 Å². The van der Waals surface area contributed by atoms with Crippen molar-refractivity contribution in [2.75, 3.05) is 0 Å². The predicted molar refractivity (Wildman–Crippen MR) is 99.5 cm³/mol. The Kier molecular flexibility index (Phi) is 7.04. The van der Waals surface area contributed by atoms with Gasteiger partial charge in [0.15, 0.2) is 0 Å². The molecule has 2 unspecified atom stereocenters. The zero-order valence-corrected chi connectivity index (χ0v) is 14.9.